The van der Waals surface area contributed by atoms with Gasteiger partial charge in [0.05, 0.1) is 6.61 Å². The molecule has 0 saturated heterocycles. The number of hydrogen-bond donors (Lipinski definition) is 1. The van der Waals surface area contributed by atoms with E-state index in [1.54, 1.807) is 0 Å². The standard InChI is InChI=1S/C12H14N4O3/c1-2-19-10-5-3-9(4-6-10)7-11-13-14-15-16(11)8-12(17)18/h3-6H,2,7-8H2,1H3,(H,17,18). The van der Waals surface area contributed by atoms with Gasteiger partial charge in [-0.05, 0) is 35.0 Å². The molecule has 7 nitrogen and oxygen atoms in total. The Kier molecular flexibility index (Phi) is 4.07. The molecule has 0 radical (unpaired) electrons. The third-order valence-electron chi connectivity index (χ3n) is 2.49. The van der Waals surface area contributed by atoms with E-state index in [-0.39, 0.29) is 6.54 Å². The summed E-state index contributed by atoms with van der Waals surface area (Å²) in [7, 11) is 0. The number of nitrogens with zero attached hydrogens (tertiary/aromatic N) is 4. The Balaban J connectivity index is 2.08. The van der Waals surface area contributed by atoms with Gasteiger partial charge in [-0.2, -0.15) is 0 Å². The predicted molar refractivity (Wildman–Crippen MR) is 65.9 cm³/mol. The maximum Gasteiger partial charge on any atom is 0.325 e. The normalized spacial score (nSPS) is 10.4. The van der Waals surface area contributed by atoms with Crippen LogP contribution >= 0.6 is 0 Å². The van der Waals surface area contributed by atoms with Crippen LogP contribution in [0.1, 0.15) is 18.3 Å². The van der Waals surface area contributed by atoms with E-state index in [0.717, 1.165) is 11.3 Å². The molecular formula is C12H14N4O3. The molecule has 0 bridgehead atoms. The van der Waals surface area contributed by atoms with E-state index in [1.807, 2.05) is 31.2 Å². The second kappa shape index (κ2) is 5.94. The van der Waals surface area contributed by atoms with Gasteiger partial charge in [-0.25, -0.2) is 4.68 Å². The molecule has 1 aromatic heterocycles. The third kappa shape index (κ3) is 3.51. The van der Waals surface area contributed by atoms with Crippen molar-refractivity contribution in [1.29, 1.82) is 0 Å². The molecule has 0 aliphatic carbocycles. The Bertz CT molecular complexity index is 550. The van der Waals surface area contributed by atoms with Crippen molar-refractivity contribution in [3.63, 3.8) is 0 Å². The van der Waals surface area contributed by atoms with Crippen molar-refractivity contribution in [2.45, 2.75) is 19.9 Å². The van der Waals surface area contributed by atoms with Gasteiger partial charge in [0.2, 0.25) is 0 Å². The molecule has 1 heterocycles. The highest BCUT2D eigenvalue weighted by Crippen LogP contribution is 2.14. The lowest BCUT2D eigenvalue weighted by Crippen LogP contribution is -2.13. The molecule has 2 aromatic rings. The number of carboxylic acids is 1. The Morgan fingerprint density at radius 3 is 2.74 bits per heavy atom. The maximum atomic E-state index is 10.7. The fraction of sp³-hybridized carbons (Fsp3) is 0.333. The smallest absolute Gasteiger partial charge is 0.325 e. The Morgan fingerprint density at radius 2 is 2.11 bits per heavy atom. The van der Waals surface area contributed by atoms with Gasteiger partial charge in [0, 0.05) is 6.42 Å². The first kappa shape index (κ1) is 13.0. The lowest BCUT2D eigenvalue weighted by molar-refractivity contribution is -0.138. The van der Waals surface area contributed by atoms with E-state index in [1.165, 1.54) is 4.68 Å². The second-order valence-electron chi connectivity index (χ2n) is 3.90. The second-order valence-corrected chi connectivity index (χ2v) is 3.90. The number of tetrazole rings is 1. The van der Waals surface area contributed by atoms with E-state index in [9.17, 15) is 4.79 Å². The highest BCUT2D eigenvalue weighted by atomic mass is 16.5. The van der Waals surface area contributed by atoms with Crippen LogP contribution in [0.25, 0.3) is 0 Å². The highest BCUT2D eigenvalue weighted by Gasteiger charge is 2.10. The van der Waals surface area contributed by atoms with Gasteiger partial charge in [-0.3, -0.25) is 4.79 Å². The summed E-state index contributed by atoms with van der Waals surface area (Å²) < 4.78 is 6.63. The summed E-state index contributed by atoms with van der Waals surface area (Å²) in [5.74, 6) is 0.350. The van der Waals surface area contributed by atoms with E-state index in [0.29, 0.717) is 18.9 Å². The van der Waals surface area contributed by atoms with Gasteiger partial charge < -0.3 is 9.84 Å². The van der Waals surface area contributed by atoms with Crippen molar-refractivity contribution in [1.82, 2.24) is 20.2 Å². The lowest BCUT2D eigenvalue weighted by atomic mass is 10.1. The summed E-state index contributed by atoms with van der Waals surface area (Å²) in [4.78, 5) is 10.7. The summed E-state index contributed by atoms with van der Waals surface area (Å²) in [6.45, 7) is 2.31. The Morgan fingerprint density at radius 1 is 1.37 bits per heavy atom. The van der Waals surface area contributed by atoms with Gasteiger partial charge in [0.25, 0.3) is 0 Å². The van der Waals surface area contributed by atoms with Crippen molar-refractivity contribution >= 4 is 5.97 Å². The van der Waals surface area contributed by atoms with E-state index in [4.69, 9.17) is 9.84 Å². The number of hydrogen-bond acceptors (Lipinski definition) is 5. The first-order valence-electron chi connectivity index (χ1n) is 5.87. The zero-order chi connectivity index (χ0) is 13.7. The monoisotopic (exact) mass is 262 g/mol. The summed E-state index contributed by atoms with van der Waals surface area (Å²) in [6.07, 6.45) is 0.479. The van der Waals surface area contributed by atoms with Crippen molar-refractivity contribution in [2.75, 3.05) is 6.61 Å². The van der Waals surface area contributed by atoms with Crippen LogP contribution in [-0.4, -0.2) is 37.9 Å². The van der Waals surface area contributed by atoms with Crippen LogP contribution in [0.3, 0.4) is 0 Å². The fourth-order valence-corrected chi connectivity index (χ4v) is 1.65. The predicted octanol–water partition coefficient (Wildman–Crippen LogP) is 0.747. The Hall–Kier alpha value is -2.44. The van der Waals surface area contributed by atoms with Gasteiger partial charge >= 0.3 is 5.97 Å². The molecule has 0 fully saturated rings. The summed E-state index contributed by atoms with van der Waals surface area (Å²) in [6, 6.07) is 7.55. The molecular weight excluding hydrogens is 248 g/mol. The summed E-state index contributed by atoms with van der Waals surface area (Å²) >= 11 is 0. The average Bonchev–Trinajstić information content (AvgIpc) is 2.79. The van der Waals surface area contributed by atoms with Crippen LogP contribution in [0, 0.1) is 0 Å². The quantitative estimate of drug-likeness (QED) is 0.826. The number of carboxylic acid groups (broad SMARTS) is 1. The summed E-state index contributed by atoms with van der Waals surface area (Å²) in [5, 5.41) is 19.7. The van der Waals surface area contributed by atoms with Gasteiger partial charge in [0.15, 0.2) is 5.82 Å². The first-order valence-corrected chi connectivity index (χ1v) is 5.87. The molecule has 0 amide bonds. The van der Waals surface area contributed by atoms with Gasteiger partial charge in [-0.15, -0.1) is 5.10 Å². The zero-order valence-corrected chi connectivity index (χ0v) is 10.5. The average molecular weight is 262 g/mol. The molecule has 0 aliphatic heterocycles. The van der Waals surface area contributed by atoms with E-state index >= 15 is 0 Å². The van der Waals surface area contributed by atoms with Crippen LogP contribution in [0.2, 0.25) is 0 Å². The minimum Gasteiger partial charge on any atom is -0.494 e. The highest BCUT2D eigenvalue weighted by molar-refractivity contribution is 5.66. The van der Waals surface area contributed by atoms with Crippen LogP contribution in [0.5, 0.6) is 5.75 Å². The molecule has 7 heteroatoms. The zero-order valence-electron chi connectivity index (χ0n) is 10.5. The van der Waals surface area contributed by atoms with Crippen molar-refractivity contribution in [3.05, 3.63) is 35.7 Å². The van der Waals surface area contributed by atoms with E-state index in [2.05, 4.69) is 15.5 Å². The maximum absolute atomic E-state index is 10.7. The minimum atomic E-state index is -0.972. The SMILES string of the molecule is CCOc1ccc(Cc2nnnn2CC(=O)O)cc1. The van der Waals surface area contributed by atoms with Crippen molar-refractivity contribution in [2.24, 2.45) is 0 Å². The largest absolute Gasteiger partial charge is 0.494 e. The van der Waals surface area contributed by atoms with Crippen LogP contribution in [0.15, 0.2) is 24.3 Å². The van der Waals surface area contributed by atoms with Crippen LogP contribution in [-0.2, 0) is 17.8 Å². The summed E-state index contributed by atoms with van der Waals surface area (Å²) in [5.41, 5.74) is 0.991. The van der Waals surface area contributed by atoms with Crippen molar-refractivity contribution < 1.29 is 14.6 Å². The fourth-order valence-electron chi connectivity index (χ4n) is 1.65. The molecule has 0 spiro atoms. The van der Waals surface area contributed by atoms with Crippen molar-refractivity contribution in [3.8, 4) is 5.75 Å². The third-order valence-corrected chi connectivity index (χ3v) is 2.49. The first-order chi connectivity index (χ1) is 9.19. The molecule has 0 atom stereocenters. The number of ether oxygens (including phenoxy) is 1. The molecule has 2 rings (SSSR count). The van der Waals surface area contributed by atoms with E-state index < -0.39 is 5.97 Å². The molecule has 0 unspecified atom stereocenters. The molecule has 100 valence electrons. The number of benzene rings is 1. The van der Waals surface area contributed by atoms with Gasteiger partial charge in [0.1, 0.15) is 12.3 Å². The molecule has 0 aliphatic rings. The topological polar surface area (TPSA) is 90.1 Å². The number of carbonyl (C=O) groups is 1. The van der Waals surface area contributed by atoms with Crippen LogP contribution < -0.4 is 4.74 Å². The molecule has 1 N–H and O–H groups in total. The number of rotatable bonds is 6. The molecule has 19 heavy (non-hydrogen) atoms. The minimum absolute atomic E-state index is 0.237. The van der Waals surface area contributed by atoms with Crippen LogP contribution in [0.4, 0.5) is 0 Å². The molecule has 1 aromatic carbocycles. The lowest BCUT2D eigenvalue weighted by Gasteiger charge is -2.05. The Labute approximate surface area is 109 Å². The number of aromatic nitrogens is 4. The molecule has 0 saturated carbocycles. The van der Waals surface area contributed by atoms with Gasteiger partial charge in [-0.1, -0.05) is 12.1 Å². The number of aliphatic carboxylic acids is 1.